The monoisotopic (exact) mass is 237 g/mol. The minimum atomic E-state index is 0.592. The van der Waals surface area contributed by atoms with Crippen molar-refractivity contribution in [3.05, 3.63) is 16.4 Å². The number of fused-ring (bicyclic) bond motifs is 2. The lowest BCUT2D eigenvalue weighted by Gasteiger charge is -2.03. The molecule has 16 heavy (non-hydrogen) atoms. The summed E-state index contributed by atoms with van der Waals surface area (Å²) in [5.74, 6) is 1.23. The molecule has 2 aromatic rings. The van der Waals surface area contributed by atoms with Gasteiger partial charge in [0.15, 0.2) is 0 Å². The Balaban J connectivity index is 2.28. The van der Waals surface area contributed by atoms with E-state index in [1.807, 2.05) is 19.0 Å². The zero-order valence-corrected chi connectivity index (χ0v) is 9.99. The van der Waals surface area contributed by atoms with E-state index in [4.69, 9.17) is 11.6 Å². The number of rotatable bonds is 1. The van der Waals surface area contributed by atoms with Gasteiger partial charge in [-0.1, -0.05) is 11.6 Å². The van der Waals surface area contributed by atoms with Crippen molar-refractivity contribution in [2.24, 2.45) is 0 Å². The Morgan fingerprint density at radius 2 is 2.06 bits per heavy atom. The van der Waals surface area contributed by atoms with E-state index >= 15 is 0 Å². The highest BCUT2D eigenvalue weighted by atomic mass is 35.5. The second kappa shape index (κ2) is 3.31. The Morgan fingerprint density at radius 1 is 1.25 bits per heavy atom. The molecule has 0 saturated carbocycles. The number of halogens is 1. The maximum atomic E-state index is 6.31. The molecule has 84 valence electrons. The summed E-state index contributed by atoms with van der Waals surface area (Å²) in [6, 6.07) is 0. The molecule has 6 heteroatoms. The lowest BCUT2D eigenvalue weighted by atomic mass is 10.3. The summed E-state index contributed by atoms with van der Waals surface area (Å²) in [4.78, 5) is 10.7. The molecule has 0 bridgehead atoms. The number of aromatic nitrogens is 4. The summed E-state index contributed by atoms with van der Waals surface area (Å²) in [5, 5.41) is 4.99. The third kappa shape index (κ3) is 1.28. The molecule has 0 saturated heterocycles. The van der Waals surface area contributed by atoms with E-state index in [2.05, 4.69) is 15.1 Å². The van der Waals surface area contributed by atoms with Crippen LogP contribution in [0.2, 0.25) is 5.15 Å². The van der Waals surface area contributed by atoms with Crippen LogP contribution in [0.25, 0.3) is 5.78 Å². The predicted octanol–water partition coefficient (Wildman–Crippen LogP) is 1.33. The third-order valence-electron chi connectivity index (χ3n) is 2.84. The molecule has 0 N–H and O–H groups in total. The van der Waals surface area contributed by atoms with Gasteiger partial charge in [-0.2, -0.15) is 9.50 Å². The van der Waals surface area contributed by atoms with E-state index in [-0.39, 0.29) is 0 Å². The second-order valence-corrected chi connectivity index (χ2v) is 4.56. The van der Waals surface area contributed by atoms with Crippen LogP contribution < -0.4 is 4.90 Å². The van der Waals surface area contributed by atoms with Crippen molar-refractivity contribution < 1.29 is 0 Å². The Hall–Kier alpha value is -1.36. The third-order valence-corrected chi connectivity index (χ3v) is 3.23. The Morgan fingerprint density at radius 3 is 2.81 bits per heavy atom. The molecule has 2 heterocycles. The molecule has 0 amide bonds. The molecular formula is C10H12ClN5. The van der Waals surface area contributed by atoms with Crippen molar-refractivity contribution in [3.63, 3.8) is 0 Å². The maximum absolute atomic E-state index is 6.31. The average Bonchev–Trinajstić information content (AvgIpc) is 2.83. The summed E-state index contributed by atoms with van der Waals surface area (Å²) in [5.41, 5.74) is 2.21. The molecule has 0 aromatic carbocycles. The van der Waals surface area contributed by atoms with Gasteiger partial charge in [0, 0.05) is 19.7 Å². The lowest BCUT2D eigenvalue weighted by molar-refractivity contribution is 0.895. The molecule has 1 aliphatic rings. The van der Waals surface area contributed by atoms with Gasteiger partial charge in [0.05, 0.1) is 5.69 Å². The summed E-state index contributed by atoms with van der Waals surface area (Å²) < 4.78 is 1.63. The van der Waals surface area contributed by atoms with Gasteiger partial charge in [-0.15, -0.1) is 5.10 Å². The topological polar surface area (TPSA) is 46.3 Å². The van der Waals surface area contributed by atoms with E-state index in [0.717, 1.165) is 30.5 Å². The predicted molar refractivity (Wildman–Crippen MR) is 62.1 cm³/mol. The largest absolute Gasteiger partial charge is 0.346 e. The van der Waals surface area contributed by atoms with Crippen LogP contribution in [-0.2, 0) is 12.8 Å². The van der Waals surface area contributed by atoms with E-state index in [0.29, 0.717) is 16.9 Å². The van der Waals surface area contributed by atoms with Crippen LogP contribution in [0.5, 0.6) is 0 Å². The SMILES string of the molecule is CN(C)c1nc2nc3c(c(Cl)n2n1)CCC3. The number of nitrogens with zero attached hydrogens (tertiary/aromatic N) is 5. The van der Waals surface area contributed by atoms with Crippen LogP contribution >= 0.6 is 11.6 Å². The molecule has 0 fully saturated rings. The summed E-state index contributed by atoms with van der Waals surface area (Å²) in [7, 11) is 3.80. The van der Waals surface area contributed by atoms with Gasteiger partial charge in [-0.05, 0) is 19.3 Å². The smallest absolute Gasteiger partial charge is 0.255 e. The maximum Gasteiger partial charge on any atom is 0.255 e. The minimum Gasteiger partial charge on any atom is -0.346 e. The van der Waals surface area contributed by atoms with E-state index in [1.165, 1.54) is 0 Å². The lowest BCUT2D eigenvalue weighted by Crippen LogP contribution is -2.10. The van der Waals surface area contributed by atoms with Crippen LogP contribution in [0, 0.1) is 0 Å². The highest BCUT2D eigenvalue weighted by molar-refractivity contribution is 6.30. The Kier molecular flexibility index (Phi) is 2.04. The number of anilines is 1. The zero-order chi connectivity index (χ0) is 11.3. The number of hydrogen-bond donors (Lipinski definition) is 0. The summed E-state index contributed by atoms with van der Waals surface area (Å²) in [6.07, 6.45) is 3.11. The first-order chi connectivity index (χ1) is 7.66. The fraction of sp³-hybridized carbons (Fsp3) is 0.500. The normalized spacial score (nSPS) is 14.4. The quantitative estimate of drug-likeness (QED) is 0.702. The minimum absolute atomic E-state index is 0.592. The van der Waals surface area contributed by atoms with Gasteiger partial charge >= 0.3 is 0 Å². The fourth-order valence-corrected chi connectivity index (χ4v) is 2.33. The number of hydrogen-bond acceptors (Lipinski definition) is 4. The Bertz CT molecular complexity index is 560. The van der Waals surface area contributed by atoms with Crippen LogP contribution in [0.4, 0.5) is 5.95 Å². The van der Waals surface area contributed by atoms with E-state index in [9.17, 15) is 0 Å². The van der Waals surface area contributed by atoms with Crippen molar-refractivity contribution in [3.8, 4) is 0 Å². The molecule has 0 spiro atoms. The fourth-order valence-electron chi connectivity index (χ4n) is 2.01. The van der Waals surface area contributed by atoms with Crippen molar-refractivity contribution in [2.45, 2.75) is 19.3 Å². The molecule has 5 nitrogen and oxygen atoms in total. The van der Waals surface area contributed by atoms with E-state index in [1.54, 1.807) is 4.52 Å². The van der Waals surface area contributed by atoms with Crippen LogP contribution in [0.1, 0.15) is 17.7 Å². The number of aryl methyl sites for hydroxylation is 1. The first kappa shape index (κ1) is 9.84. The average molecular weight is 238 g/mol. The summed E-state index contributed by atoms with van der Waals surface area (Å²) in [6.45, 7) is 0. The molecule has 0 aliphatic heterocycles. The van der Waals surface area contributed by atoms with Crippen LogP contribution in [0.15, 0.2) is 0 Å². The molecule has 2 aromatic heterocycles. The van der Waals surface area contributed by atoms with Crippen molar-refractivity contribution in [2.75, 3.05) is 19.0 Å². The molecule has 3 rings (SSSR count). The standard InChI is InChI=1S/C10H12ClN5/c1-15(2)10-13-9-12-7-5-3-4-6(7)8(11)16(9)14-10/h3-5H2,1-2H3. The molecule has 0 atom stereocenters. The van der Waals surface area contributed by atoms with Gasteiger partial charge in [0.2, 0.25) is 5.95 Å². The van der Waals surface area contributed by atoms with Gasteiger partial charge in [-0.25, -0.2) is 4.98 Å². The highest BCUT2D eigenvalue weighted by Gasteiger charge is 2.20. The Labute approximate surface area is 98.1 Å². The molecule has 0 radical (unpaired) electrons. The second-order valence-electron chi connectivity index (χ2n) is 4.20. The van der Waals surface area contributed by atoms with Crippen LogP contribution in [-0.4, -0.2) is 33.7 Å². The van der Waals surface area contributed by atoms with Crippen molar-refractivity contribution in [1.29, 1.82) is 0 Å². The van der Waals surface area contributed by atoms with Gasteiger partial charge < -0.3 is 4.90 Å². The van der Waals surface area contributed by atoms with Gasteiger partial charge in [-0.3, -0.25) is 0 Å². The first-order valence-corrected chi connectivity index (χ1v) is 5.66. The van der Waals surface area contributed by atoms with E-state index < -0.39 is 0 Å². The molecular weight excluding hydrogens is 226 g/mol. The van der Waals surface area contributed by atoms with Crippen molar-refractivity contribution in [1.82, 2.24) is 19.6 Å². The first-order valence-electron chi connectivity index (χ1n) is 5.28. The zero-order valence-electron chi connectivity index (χ0n) is 9.24. The molecule has 0 unspecified atom stereocenters. The highest BCUT2D eigenvalue weighted by Crippen LogP contribution is 2.28. The van der Waals surface area contributed by atoms with Gasteiger partial charge in [0.1, 0.15) is 5.15 Å². The van der Waals surface area contributed by atoms with Crippen LogP contribution in [0.3, 0.4) is 0 Å². The summed E-state index contributed by atoms with van der Waals surface area (Å²) >= 11 is 6.31. The van der Waals surface area contributed by atoms with Gasteiger partial charge in [0.25, 0.3) is 5.78 Å². The van der Waals surface area contributed by atoms with Crippen molar-refractivity contribution >= 4 is 23.3 Å². The molecule has 1 aliphatic carbocycles.